The molecule has 0 aliphatic carbocycles. The lowest BCUT2D eigenvalue weighted by Crippen LogP contribution is -2.25. The average Bonchev–Trinajstić information content (AvgIpc) is 2.74. The molecule has 0 spiro atoms. The molecule has 1 amide bonds. The molecule has 0 atom stereocenters. The van der Waals surface area contributed by atoms with Crippen molar-refractivity contribution in [3.63, 3.8) is 0 Å². The minimum absolute atomic E-state index is 0.123. The average molecular weight is 231 g/mol. The van der Waals surface area contributed by atoms with Crippen molar-refractivity contribution in [2.75, 3.05) is 11.9 Å². The lowest BCUT2D eigenvalue weighted by Gasteiger charge is -2.15. The van der Waals surface area contributed by atoms with E-state index in [1.807, 2.05) is 0 Å². The van der Waals surface area contributed by atoms with Gasteiger partial charge >= 0.3 is 0 Å². The molecule has 1 aromatic carbocycles. The van der Waals surface area contributed by atoms with Crippen molar-refractivity contribution in [3.8, 4) is 5.75 Å². The van der Waals surface area contributed by atoms with E-state index < -0.39 is 0 Å². The number of rotatable bonds is 2. The summed E-state index contributed by atoms with van der Waals surface area (Å²) in [5.74, 6) is 0.854. The van der Waals surface area contributed by atoms with Crippen LogP contribution < -0.4 is 4.90 Å². The Bertz CT molecular complexity index is 545. The molecule has 0 unspecified atom stereocenters. The number of benzene rings is 1. The van der Waals surface area contributed by atoms with Gasteiger partial charge in [0, 0.05) is 18.8 Å². The minimum atomic E-state index is -0.247. The SMILES string of the molecule is Cc1ccc(C(=O)N(C)c2cccc(O)c2)o1. The Balaban J connectivity index is 2.26. The first-order valence-electron chi connectivity index (χ1n) is 5.21. The Morgan fingerprint density at radius 3 is 2.65 bits per heavy atom. The van der Waals surface area contributed by atoms with Crippen LogP contribution in [0.2, 0.25) is 0 Å². The monoisotopic (exact) mass is 231 g/mol. The smallest absolute Gasteiger partial charge is 0.293 e. The second-order valence-corrected chi connectivity index (χ2v) is 3.79. The number of carbonyl (C=O) groups is 1. The van der Waals surface area contributed by atoms with E-state index in [1.165, 1.54) is 11.0 Å². The van der Waals surface area contributed by atoms with Gasteiger partial charge in [0.1, 0.15) is 11.5 Å². The number of hydrogen-bond acceptors (Lipinski definition) is 3. The number of amides is 1. The van der Waals surface area contributed by atoms with Gasteiger partial charge < -0.3 is 14.4 Å². The van der Waals surface area contributed by atoms with Crippen molar-refractivity contribution in [2.24, 2.45) is 0 Å². The molecule has 1 heterocycles. The Kier molecular flexibility index (Phi) is 2.87. The van der Waals surface area contributed by atoms with Gasteiger partial charge in [-0.05, 0) is 31.2 Å². The van der Waals surface area contributed by atoms with E-state index in [9.17, 15) is 9.90 Å². The molecule has 1 N–H and O–H groups in total. The van der Waals surface area contributed by atoms with Crippen LogP contribution in [-0.2, 0) is 0 Å². The zero-order valence-electron chi connectivity index (χ0n) is 9.68. The predicted octanol–water partition coefficient (Wildman–Crippen LogP) is 2.57. The number of furan rings is 1. The highest BCUT2D eigenvalue weighted by Gasteiger charge is 2.16. The number of aromatic hydroxyl groups is 1. The van der Waals surface area contributed by atoms with Crippen molar-refractivity contribution in [1.82, 2.24) is 0 Å². The molecule has 0 saturated heterocycles. The van der Waals surface area contributed by atoms with Gasteiger partial charge in [-0.2, -0.15) is 0 Å². The molecule has 0 aliphatic heterocycles. The van der Waals surface area contributed by atoms with Gasteiger partial charge in [-0.15, -0.1) is 0 Å². The largest absolute Gasteiger partial charge is 0.508 e. The maximum atomic E-state index is 12.0. The number of hydrogen-bond donors (Lipinski definition) is 1. The van der Waals surface area contributed by atoms with Gasteiger partial charge in [0.25, 0.3) is 5.91 Å². The Morgan fingerprint density at radius 2 is 2.06 bits per heavy atom. The van der Waals surface area contributed by atoms with Crippen LogP contribution in [0.4, 0.5) is 5.69 Å². The summed E-state index contributed by atoms with van der Waals surface area (Å²) in [6, 6.07) is 9.88. The third kappa shape index (κ3) is 2.30. The van der Waals surface area contributed by atoms with Gasteiger partial charge in [-0.25, -0.2) is 0 Å². The van der Waals surface area contributed by atoms with Gasteiger partial charge in [-0.1, -0.05) is 6.07 Å². The summed E-state index contributed by atoms with van der Waals surface area (Å²) in [6.45, 7) is 1.78. The van der Waals surface area contributed by atoms with Crippen LogP contribution in [0.3, 0.4) is 0 Å². The molecule has 1 aromatic heterocycles. The van der Waals surface area contributed by atoms with Crippen LogP contribution in [-0.4, -0.2) is 18.1 Å². The zero-order valence-corrected chi connectivity index (χ0v) is 9.68. The molecule has 4 heteroatoms. The van der Waals surface area contributed by atoms with Crippen LogP contribution in [0.1, 0.15) is 16.3 Å². The number of aryl methyl sites for hydroxylation is 1. The predicted molar refractivity (Wildman–Crippen MR) is 64.3 cm³/mol. The molecule has 0 aliphatic rings. The van der Waals surface area contributed by atoms with Crippen molar-refractivity contribution in [1.29, 1.82) is 0 Å². The second-order valence-electron chi connectivity index (χ2n) is 3.79. The fourth-order valence-electron chi connectivity index (χ4n) is 1.53. The second kappa shape index (κ2) is 4.33. The highest BCUT2D eigenvalue weighted by Crippen LogP contribution is 2.21. The lowest BCUT2D eigenvalue weighted by molar-refractivity contribution is 0.0965. The lowest BCUT2D eigenvalue weighted by atomic mass is 10.2. The van der Waals surface area contributed by atoms with E-state index in [-0.39, 0.29) is 17.4 Å². The first-order valence-corrected chi connectivity index (χ1v) is 5.21. The minimum Gasteiger partial charge on any atom is -0.508 e. The zero-order chi connectivity index (χ0) is 12.4. The third-order valence-electron chi connectivity index (χ3n) is 2.47. The quantitative estimate of drug-likeness (QED) is 0.864. The first-order chi connectivity index (χ1) is 8.08. The van der Waals surface area contributed by atoms with Crippen molar-refractivity contribution >= 4 is 11.6 Å². The van der Waals surface area contributed by atoms with Crippen molar-refractivity contribution in [3.05, 3.63) is 47.9 Å². The summed E-state index contributed by atoms with van der Waals surface area (Å²) in [6.07, 6.45) is 0. The molecule has 17 heavy (non-hydrogen) atoms. The molecule has 0 saturated carbocycles. The van der Waals surface area contributed by atoms with Crippen LogP contribution in [0.15, 0.2) is 40.8 Å². The van der Waals surface area contributed by atoms with Crippen LogP contribution in [0.5, 0.6) is 5.75 Å². The summed E-state index contributed by atoms with van der Waals surface area (Å²) >= 11 is 0. The molecule has 2 aromatic rings. The summed E-state index contributed by atoms with van der Waals surface area (Å²) in [7, 11) is 1.63. The summed E-state index contributed by atoms with van der Waals surface area (Å²) in [5.41, 5.74) is 0.615. The standard InChI is InChI=1S/C13H13NO3/c1-9-6-7-12(17-9)13(16)14(2)10-4-3-5-11(15)8-10/h3-8,15H,1-2H3. The van der Waals surface area contributed by atoms with E-state index >= 15 is 0 Å². The summed E-state index contributed by atoms with van der Waals surface area (Å²) < 4.78 is 5.26. The number of carbonyl (C=O) groups excluding carboxylic acids is 1. The molecule has 0 fully saturated rings. The van der Waals surface area contributed by atoms with E-state index in [2.05, 4.69) is 0 Å². The Hall–Kier alpha value is -2.23. The summed E-state index contributed by atoms with van der Waals surface area (Å²) in [4.78, 5) is 13.4. The Morgan fingerprint density at radius 1 is 1.29 bits per heavy atom. The number of anilines is 1. The Labute approximate surface area is 99.1 Å². The highest BCUT2D eigenvalue weighted by molar-refractivity contribution is 6.03. The van der Waals surface area contributed by atoms with Gasteiger partial charge in [-0.3, -0.25) is 4.79 Å². The van der Waals surface area contributed by atoms with Crippen LogP contribution >= 0.6 is 0 Å². The number of phenols is 1. The maximum Gasteiger partial charge on any atom is 0.293 e. The fraction of sp³-hybridized carbons (Fsp3) is 0.154. The van der Waals surface area contributed by atoms with Crippen LogP contribution in [0.25, 0.3) is 0 Å². The normalized spacial score (nSPS) is 10.2. The molecule has 88 valence electrons. The number of phenolic OH excluding ortho intramolecular Hbond substituents is 1. The molecular weight excluding hydrogens is 218 g/mol. The van der Waals surface area contributed by atoms with Gasteiger partial charge in [0.2, 0.25) is 0 Å². The maximum absolute atomic E-state index is 12.0. The molecule has 2 rings (SSSR count). The molecule has 0 bridgehead atoms. The van der Waals surface area contributed by atoms with Crippen molar-refractivity contribution in [2.45, 2.75) is 6.92 Å². The van der Waals surface area contributed by atoms with E-state index in [0.717, 1.165) is 0 Å². The van der Waals surface area contributed by atoms with Gasteiger partial charge in [0.05, 0.1) is 0 Å². The van der Waals surface area contributed by atoms with E-state index in [0.29, 0.717) is 11.4 Å². The molecular formula is C13H13NO3. The van der Waals surface area contributed by atoms with E-state index in [4.69, 9.17) is 4.42 Å². The summed E-state index contributed by atoms with van der Waals surface area (Å²) in [5, 5.41) is 9.36. The topological polar surface area (TPSA) is 53.7 Å². The van der Waals surface area contributed by atoms with E-state index in [1.54, 1.807) is 44.3 Å². The van der Waals surface area contributed by atoms with Crippen LogP contribution in [0, 0.1) is 6.92 Å². The van der Waals surface area contributed by atoms with Gasteiger partial charge in [0.15, 0.2) is 5.76 Å². The molecule has 4 nitrogen and oxygen atoms in total. The first kappa shape index (κ1) is 11.3. The third-order valence-corrected chi connectivity index (χ3v) is 2.47. The fourth-order valence-corrected chi connectivity index (χ4v) is 1.53. The number of nitrogens with zero attached hydrogens (tertiary/aromatic N) is 1. The van der Waals surface area contributed by atoms with Crippen molar-refractivity contribution < 1.29 is 14.3 Å². The highest BCUT2D eigenvalue weighted by atomic mass is 16.3. The molecule has 0 radical (unpaired) electrons.